The molecule has 8 nitrogen and oxygen atoms in total. The first-order valence-electron chi connectivity index (χ1n) is 9.77. The lowest BCUT2D eigenvalue weighted by Gasteiger charge is -2.26. The molecule has 1 saturated heterocycles. The third-order valence-electron chi connectivity index (χ3n) is 5.36. The average Bonchev–Trinajstić information content (AvgIpc) is 3.40. The van der Waals surface area contributed by atoms with Crippen LogP contribution in [0.4, 0.5) is 24.8 Å². The molecule has 11 heteroatoms. The normalized spacial score (nSPS) is 23.4. The Labute approximate surface area is 171 Å². The molecule has 0 aromatic carbocycles. The van der Waals surface area contributed by atoms with Gasteiger partial charge in [0.05, 0.1) is 18.2 Å². The fourth-order valence-electron chi connectivity index (χ4n) is 3.44. The van der Waals surface area contributed by atoms with Gasteiger partial charge in [-0.05, 0) is 19.3 Å². The van der Waals surface area contributed by atoms with Gasteiger partial charge in [0.15, 0.2) is 5.65 Å². The Hall–Kier alpha value is -2.82. The number of nitrogens with zero attached hydrogens (tertiary/aromatic N) is 4. The Morgan fingerprint density at radius 3 is 2.87 bits per heavy atom. The number of alkyl halides is 3. The van der Waals surface area contributed by atoms with Crippen LogP contribution in [-0.2, 0) is 4.74 Å². The molecule has 1 aliphatic carbocycles. The summed E-state index contributed by atoms with van der Waals surface area (Å²) in [6.07, 6.45) is 2.13. The second kappa shape index (κ2) is 8.13. The molecule has 0 spiro atoms. The number of fused-ring (bicyclic) bond motifs is 1. The summed E-state index contributed by atoms with van der Waals surface area (Å²) in [6.45, 7) is 4.24. The van der Waals surface area contributed by atoms with Crippen LogP contribution >= 0.6 is 0 Å². The molecule has 2 aliphatic rings. The van der Waals surface area contributed by atoms with Gasteiger partial charge in [0, 0.05) is 25.4 Å². The van der Waals surface area contributed by atoms with Crippen molar-refractivity contribution in [1.82, 2.24) is 24.9 Å². The third-order valence-corrected chi connectivity index (χ3v) is 5.36. The molecule has 2 fully saturated rings. The van der Waals surface area contributed by atoms with Crippen LogP contribution in [0.2, 0.25) is 0 Å². The zero-order valence-electron chi connectivity index (χ0n) is 16.5. The largest absolute Gasteiger partial charge is 0.393 e. The van der Waals surface area contributed by atoms with E-state index in [4.69, 9.17) is 4.74 Å². The lowest BCUT2D eigenvalue weighted by atomic mass is 10.1. The van der Waals surface area contributed by atoms with Crippen LogP contribution in [0, 0.1) is 0 Å². The van der Waals surface area contributed by atoms with E-state index in [2.05, 4.69) is 37.6 Å². The molecule has 162 valence electrons. The predicted molar refractivity (Wildman–Crippen MR) is 107 cm³/mol. The molecule has 2 aromatic rings. The van der Waals surface area contributed by atoms with Crippen molar-refractivity contribution >= 4 is 22.9 Å². The summed E-state index contributed by atoms with van der Waals surface area (Å²) in [5.74, 6) is 0.200. The summed E-state index contributed by atoms with van der Waals surface area (Å²) in [4.78, 5) is 8.85. The van der Waals surface area contributed by atoms with Gasteiger partial charge in [0.1, 0.15) is 23.9 Å². The summed E-state index contributed by atoms with van der Waals surface area (Å²) in [5.41, 5.74) is 0.376. The van der Waals surface area contributed by atoms with Gasteiger partial charge in [0.2, 0.25) is 5.95 Å². The summed E-state index contributed by atoms with van der Waals surface area (Å²) >= 11 is 0. The van der Waals surface area contributed by atoms with Crippen molar-refractivity contribution in [1.29, 1.82) is 0 Å². The molecule has 1 saturated carbocycles. The average molecular weight is 423 g/mol. The van der Waals surface area contributed by atoms with E-state index >= 15 is 0 Å². The summed E-state index contributed by atoms with van der Waals surface area (Å²) in [6, 6.07) is -0.483. The maximum atomic E-state index is 14.1. The van der Waals surface area contributed by atoms with Crippen molar-refractivity contribution in [2.75, 3.05) is 30.9 Å². The number of aromatic nitrogens is 4. The Kier molecular flexibility index (Phi) is 5.54. The first kappa shape index (κ1) is 20.5. The fraction of sp³-hybridized carbons (Fsp3) is 0.526. The number of hydrogen-bond donors (Lipinski definition) is 3. The van der Waals surface area contributed by atoms with Crippen molar-refractivity contribution in [3.05, 3.63) is 30.9 Å². The van der Waals surface area contributed by atoms with E-state index in [1.807, 2.05) is 0 Å². The number of allylic oxidation sites excluding steroid dienone is 2. The SMILES string of the molecule is C=C/C(=C\NC)c1ncn2nc(N[C@H]3CCOC[C@H]3F)nc2c1NC1(C(F)F)CC1. The smallest absolute Gasteiger partial charge is 0.261 e. The van der Waals surface area contributed by atoms with E-state index < -0.39 is 24.2 Å². The Bertz CT molecular complexity index is 957. The first-order chi connectivity index (χ1) is 14.5. The lowest BCUT2D eigenvalue weighted by Crippen LogP contribution is -2.39. The molecule has 3 N–H and O–H groups in total. The quantitative estimate of drug-likeness (QED) is 0.563. The fourth-order valence-corrected chi connectivity index (χ4v) is 3.44. The predicted octanol–water partition coefficient (Wildman–Crippen LogP) is 2.62. The Balaban J connectivity index is 1.75. The van der Waals surface area contributed by atoms with Crippen LogP contribution in [0.1, 0.15) is 25.0 Å². The number of rotatable bonds is 8. The summed E-state index contributed by atoms with van der Waals surface area (Å²) in [5, 5.41) is 13.2. The molecule has 2 atom stereocenters. The van der Waals surface area contributed by atoms with Gasteiger partial charge in [-0.3, -0.25) is 0 Å². The Morgan fingerprint density at radius 1 is 1.43 bits per heavy atom. The maximum absolute atomic E-state index is 14.1. The number of halogens is 3. The Morgan fingerprint density at radius 2 is 2.23 bits per heavy atom. The van der Waals surface area contributed by atoms with Gasteiger partial charge < -0.3 is 20.7 Å². The second-order valence-electron chi connectivity index (χ2n) is 7.48. The van der Waals surface area contributed by atoms with E-state index in [1.54, 1.807) is 19.3 Å². The summed E-state index contributed by atoms with van der Waals surface area (Å²) in [7, 11) is 1.72. The van der Waals surface area contributed by atoms with Gasteiger partial charge in [-0.15, -0.1) is 5.10 Å². The number of nitrogens with one attached hydrogen (secondary N) is 3. The van der Waals surface area contributed by atoms with Crippen molar-refractivity contribution in [3.8, 4) is 0 Å². The van der Waals surface area contributed by atoms with Crippen LogP contribution in [-0.4, -0.2) is 64.0 Å². The number of hydrogen-bond acceptors (Lipinski definition) is 7. The van der Waals surface area contributed by atoms with Crippen LogP contribution in [0.25, 0.3) is 11.2 Å². The van der Waals surface area contributed by atoms with Crippen LogP contribution < -0.4 is 16.0 Å². The maximum Gasteiger partial charge on any atom is 0.261 e. The minimum absolute atomic E-state index is 0.0119. The van der Waals surface area contributed by atoms with Gasteiger partial charge in [-0.1, -0.05) is 12.7 Å². The molecule has 0 unspecified atom stereocenters. The molecule has 1 aliphatic heterocycles. The van der Waals surface area contributed by atoms with E-state index in [0.717, 1.165) is 0 Å². The van der Waals surface area contributed by atoms with Crippen molar-refractivity contribution < 1.29 is 17.9 Å². The molecule has 30 heavy (non-hydrogen) atoms. The molecular weight excluding hydrogens is 399 g/mol. The van der Waals surface area contributed by atoms with Gasteiger partial charge in [-0.25, -0.2) is 18.2 Å². The molecule has 4 rings (SSSR count). The number of ether oxygens (including phenoxy) is 1. The highest BCUT2D eigenvalue weighted by molar-refractivity contribution is 5.86. The second-order valence-corrected chi connectivity index (χ2v) is 7.48. The van der Waals surface area contributed by atoms with Crippen molar-refractivity contribution in [2.45, 2.75) is 43.4 Å². The topological polar surface area (TPSA) is 88.4 Å². The zero-order chi connectivity index (χ0) is 21.3. The van der Waals surface area contributed by atoms with Crippen molar-refractivity contribution in [3.63, 3.8) is 0 Å². The molecule has 2 aromatic heterocycles. The van der Waals surface area contributed by atoms with Gasteiger partial charge >= 0.3 is 0 Å². The monoisotopic (exact) mass is 423 g/mol. The highest BCUT2D eigenvalue weighted by Gasteiger charge is 2.52. The molecule has 0 amide bonds. The van der Waals surface area contributed by atoms with E-state index in [-0.39, 0.29) is 12.6 Å². The van der Waals surface area contributed by atoms with Crippen LogP contribution in [0.3, 0.4) is 0 Å². The first-order valence-corrected chi connectivity index (χ1v) is 9.77. The number of anilines is 2. The zero-order valence-corrected chi connectivity index (χ0v) is 16.5. The van der Waals surface area contributed by atoms with E-state index in [9.17, 15) is 13.2 Å². The van der Waals surface area contributed by atoms with Gasteiger partial charge in [0.25, 0.3) is 6.43 Å². The lowest BCUT2D eigenvalue weighted by molar-refractivity contribution is 0.0284. The van der Waals surface area contributed by atoms with E-state index in [1.165, 1.54) is 10.8 Å². The van der Waals surface area contributed by atoms with Gasteiger partial charge in [-0.2, -0.15) is 9.50 Å². The summed E-state index contributed by atoms with van der Waals surface area (Å²) < 4.78 is 47.9. The third kappa shape index (κ3) is 3.81. The highest BCUT2D eigenvalue weighted by Crippen LogP contribution is 2.45. The van der Waals surface area contributed by atoms with E-state index in [0.29, 0.717) is 48.5 Å². The molecule has 3 heterocycles. The highest BCUT2D eigenvalue weighted by atomic mass is 19.3. The minimum atomic E-state index is -2.54. The molecule has 0 bridgehead atoms. The van der Waals surface area contributed by atoms with Crippen LogP contribution in [0.5, 0.6) is 0 Å². The minimum Gasteiger partial charge on any atom is -0.393 e. The molecule has 0 radical (unpaired) electrons. The standard InChI is InChI=1S/C19H24F3N7O/c1-3-11(8-23-2)14-15(27-19(5-6-19)17(21)22)16-26-18(28-29(16)10-24-14)25-13-4-7-30-9-12(13)20/h3,8,10,12-13,17,23,27H,1,4-7,9H2,2H3,(H,25,28)/b11-8+/t12-,13+/m1/s1. The molecular formula is C19H24F3N7O. The van der Waals surface area contributed by atoms with Crippen molar-refractivity contribution in [2.24, 2.45) is 0 Å². The van der Waals surface area contributed by atoms with Crippen LogP contribution in [0.15, 0.2) is 25.2 Å².